The molecule has 0 saturated carbocycles. The molecule has 0 saturated heterocycles. The first-order valence-corrected chi connectivity index (χ1v) is 22.6. The number of aromatic hydroxyl groups is 1. The van der Waals surface area contributed by atoms with E-state index in [4.69, 9.17) is 30.5 Å². The van der Waals surface area contributed by atoms with Crippen LogP contribution in [0.2, 0.25) is 0 Å². The van der Waals surface area contributed by atoms with Crippen molar-refractivity contribution >= 4 is 101 Å². The van der Waals surface area contributed by atoms with Crippen molar-refractivity contribution in [2.75, 3.05) is 86.3 Å². The molecule has 2 aromatic heterocycles. The summed E-state index contributed by atoms with van der Waals surface area (Å²) in [6.07, 6.45) is 2.80. The molecule has 59 heavy (non-hydrogen) atoms. The third kappa shape index (κ3) is 10.5. The average molecular weight is 860 g/mol. The van der Waals surface area contributed by atoms with Gasteiger partial charge in [0.05, 0.1) is 71.0 Å². The van der Waals surface area contributed by atoms with Gasteiger partial charge in [0.1, 0.15) is 17.1 Å². The minimum atomic E-state index is -0.348. The second-order valence-corrected chi connectivity index (χ2v) is 16.8. The third-order valence-corrected chi connectivity index (χ3v) is 12.0. The van der Waals surface area contributed by atoms with Crippen molar-refractivity contribution in [1.82, 2.24) is 9.97 Å². The Balaban J connectivity index is 0.873. The molecule has 0 spiro atoms. The van der Waals surface area contributed by atoms with Gasteiger partial charge in [-0.25, -0.2) is 0 Å². The van der Waals surface area contributed by atoms with E-state index in [0.29, 0.717) is 74.5 Å². The van der Waals surface area contributed by atoms with E-state index < -0.39 is 0 Å². The zero-order valence-corrected chi connectivity index (χ0v) is 34.9. The Morgan fingerprint density at radius 2 is 1.36 bits per heavy atom. The average Bonchev–Trinajstić information content (AvgIpc) is 3.97. The summed E-state index contributed by atoms with van der Waals surface area (Å²) in [5, 5.41) is 19.7. The quantitative estimate of drug-likeness (QED) is 0.0272. The van der Waals surface area contributed by atoms with Crippen LogP contribution in [0.3, 0.4) is 0 Å². The number of carbonyl (C=O) groups is 3. The highest BCUT2D eigenvalue weighted by molar-refractivity contribution is 8.76. The Morgan fingerprint density at radius 1 is 0.763 bits per heavy atom. The molecule has 0 aliphatic carbocycles. The monoisotopic (exact) mass is 859 g/mol. The summed E-state index contributed by atoms with van der Waals surface area (Å²) < 4.78 is 22.0. The first kappa shape index (κ1) is 42.4. The summed E-state index contributed by atoms with van der Waals surface area (Å²) in [6.45, 7) is 3.80. The van der Waals surface area contributed by atoms with Crippen molar-refractivity contribution in [2.24, 2.45) is 0 Å². The second-order valence-electron chi connectivity index (χ2n) is 13.8. The summed E-state index contributed by atoms with van der Waals surface area (Å²) in [7, 11) is 3.50. The molecule has 5 N–H and O–H groups in total. The van der Waals surface area contributed by atoms with Gasteiger partial charge in [0.25, 0.3) is 11.8 Å². The van der Waals surface area contributed by atoms with Gasteiger partial charge in [-0.3, -0.25) is 14.4 Å². The van der Waals surface area contributed by atoms with E-state index in [-0.39, 0.29) is 48.4 Å². The van der Waals surface area contributed by atoms with Crippen LogP contribution in [0.15, 0.2) is 78.9 Å². The van der Waals surface area contributed by atoms with Gasteiger partial charge in [-0.1, -0.05) is 45.9 Å². The van der Waals surface area contributed by atoms with Gasteiger partial charge in [-0.15, -0.1) is 11.6 Å². The molecule has 1 aliphatic heterocycles. The number of ether oxygens (including phenoxy) is 4. The van der Waals surface area contributed by atoms with Crippen molar-refractivity contribution in [1.29, 1.82) is 0 Å². The molecule has 310 valence electrons. The molecule has 6 aromatic rings. The predicted molar refractivity (Wildman–Crippen MR) is 238 cm³/mol. The first-order chi connectivity index (χ1) is 28.8. The molecule has 3 heterocycles. The lowest BCUT2D eigenvalue weighted by Crippen LogP contribution is -2.39. The lowest BCUT2D eigenvalue weighted by atomic mass is 10.0. The van der Waals surface area contributed by atoms with Crippen LogP contribution in [0.5, 0.6) is 5.75 Å². The van der Waals surface area contributed by atoms with Crippen molar-refractivity contribution < 1.29 is 38.4 Å². The molecule has 13 nitrogen and oxygen atoms in total. The number of nitrogens with one attached hydrogen (secondary N) is 4. The number of nitrogens with zero attached hydrogens (tertiary/aromatic N) is 1. The molecule has 16 heteroatoms. The maximum atomic E-state index is 14.0. The number of fused-ring (bicyclic) bond motifs is 5. The Kier molecular flexibility index (Phi) is 14.7. The van der Waals surface area contributed by atoms with Gasteiger partial charge in [-0.05, 0) is 72.2 Å². The minimum Gasteiger partial charge on any atom is -0.507 e. The number of rotatable bonds is 21. The van der Waals surface area contributed by atoms with Crippen LogP contribution >= 0.6 is 33.2 Å². The number of hydrogen-bond donors (Lipinski definition) is 5. The number of H-pyrrole nitrogens is 2. The molecule has 3 amide bonds. The molecule has 0 radical (unpaired) electrons. The van der Waals surface area contributed by atoms with E-state index in [0.717, 1.165) is 50.5 Å². The van der Waals surface area contributed by atoms with E-state index in [9.17, 15) is 19.5 Å². The number of carbonyl (C=O) groups excluding carboxylic acids is 3. The largest absolute Gasteiger partial charge is 0.507 e. The fraction of sp³-hybridized carbons (Fsp3) is 0.326. The molecular weight excluding hydrogens is 814 g/mol. The number of phenols is 1. The molecule has 4 aromatic carbocycles. The summed E-state index contributed by atoms with van der Waals surface area (Å²) in [5.74, 6) is 0.496. The summed E-state index contributed by atoms with van der Waals surface area (Å²) in [5.41, 5.74) is 4.93. The molecule has 7 rings (SSSR count). The SMILES string of the molecule is CSSCCOCCOCCOCCOCCC(=O)Nc1ccc2[nH]c(C(=O)Nc3ccc4[nH]c(C(=O)N5c6cc(O)c7ccccc7c6C[C@H]5CCl)cc4c3)cc2c1. The topological polar surface area (TPSA) is 167 Å². The first-order valence-electron chi connectivity index (χ1n) is 19.3. The van der Waals surface area contributed by atoms with Crippen LogP contribution in [-0.4, -0.2) is 110 Å². The van der Waals surface area contributed by atoms with Crippen LogP contribution < -0.4 is 15.5 Å². The lowest BCUT2D eigenvalue weighted by Gasteiger charge is -2.23. The standard InChI is InChI=1S/C43H46ClN5O8S2/c1-58-59-19-18-57-17-16-56-15-14-55-13-12-54-11-10-41(51)45-29-6-8-35-27(20-29)22-37(47-35)42(52)46-30-7-9-36-28(21-30)23-38(48-36)43(53)49-31(26-44)24-34-32-4-2-3-5-33(32)40(50)25-39(34)49/h2-9,20-23,25,31,47-48,50H,10-19,24,26H2,1H3,(H,45,51)(H,46,52)/t31-/m0/s1. The highest BCUT2D eigenvalue weighted by Gasteiger charge is 2.36. The Hall–Kier alpha value is -4.74. The normalized spacial score (nSPS) is 13.7. The second kappa shape index (κ2) is 20.5. The Labute approximate surface area is 354 Å². The molecule has 0 bridgehead atoms. The van der Waals surface area contributed by atoms with Crippen molar-refractivity contribution in [3.63, 3.8) is 0 Å². The van der Waals surface area contributed by atoms with E-state index in [1.54, 1.807) is 81.1 Å². The van der Waals surface area contributed by atoms with Gasteiger partial charge in [0.15, 0.2) is 0 Å². The van der Waals surface area contributed by atoms with Crippen LogP contribution in [0.4, 0.5) is 17.1 Å². The van der Waals surface area contributed by atoms with Crippen molar-refractivity contribution in [3.05, 3.63) is 95.8 Å². The Morgan fingerprint density at radius 3 is 2.02 bits per heavy atom. The maximum Gasteiger partial charge on any atom is 0.275 e. The number of halogens is 1. The molecular formula is C43H46ClN5O8S2. The van der Waals surface area contributed by atoms with Crippen LogP contribution in [0, 0.1) is 0 Å². The van der Waals surface area contributed by atoms with Gasteiger partial charge in [-0.2, -0.15) is 0 Å². The number of amides is 3. The van der Waals surface area contributed by atoms with E-state index >= 15 is 0 Å². The van der Waals surface area contributed by atoms with Gasteiger partial charge >= 0.3 is 0 Å². The number of aromatic nitrogens is 2. The van der Waals surface area contributed by atoms with Crippen LogP contribution in [0.1, 0.15) is 33.0 Å². The lowest BCUT2D eigenvalue weighted by molar-refractivity contribution is -0.117. The molecule has 0 fully saturated rings. The zero-order chi connectivity index (χ0) is 41.1. The summed E-state index contributed by atoms with van der Waals surface area (Å²) >= 11 is 6.39. The maximum absolute atomic E-state index is 14.0. The minimum absolute atomic E-state index is 0.105. The highest BCUT2D eigenvalue weighted by atomic mass is 35.5. The molecule has 1 atom stereocenters. The van der Waals surface area contributed by atoms with Gasteiger partial charge in [0.2, 0.25) is 5.91 Å². The number of aromatic amines is 2. The van der Waals surface area contributed by atoms with Crippen LogP contribution in [-0.2, 0) is 30.2 Å². The highest BCUT2D eigenvalue weighted by Crippen LogP contribution is 2.42. The van der Waals surface area contributed by atoms with E-state index in [1.807, 2.05) is 30.5 Å². The summed E-state index contributed by atoms with van der Waals surface area (Å²) in [6, 6.07) is 23.2. The fourth-order valence-electron chi connectivity index (χ4n) is 7.07. The van der Waals surface area contributed by atoms with Crippen molar-refractivity contribution in [3.8, 4) is 5.75 Å². The number of hydrogen-bond acceptors (Lipinski definition) is 10. The smallest absolute Gasteiger partial charge is 0.275 e. The van der Waals surface area contributed by atoms with Crippen molar-refractivity contribution in [2.45, 2.75) is 18.9 Å². The van der Waals surface area contributed by atoms with Gasteiger partial charge < -0.3 is 49.6 Å². The summed E-state index contributed by atoms with van der Waals surface area (Å²) in [4.78, 5) is 47.9. The fourth-order valence-corrected chi connectivity index (χ4v) is 8.37. The number of alkyl halides is 1. The van der Waals surface area contributed by atoms with Gasteiger partial charge in [0, 0.05) is 56.3 Å². The number of anilines is 3. The Bertz CT molecular complexity index is 2420. The third-order valence-electron chi connectivity index (χ3n) is 9.85. The number of phenolic OH excluding ortho intramolecular Hbond substituents is 1. The molecule has 1 aliphatic rings. The predicted octanol–water partition coefficient (Wildman–Crippen LogP) is 7.98. The molecule has 0 unspecified atom stereocenters. The van der Waals surface area contributed by atoms with E-state index in [1.165, 1.54) is 0 Å². The zero-order valence-electron chi connectivity index (χ0n) is 32.5. The number of benzene rings is 4. The van der Waals surface area contributed by atoms with E-state index in [2.05, 4.69) is 20.6 Å². The van der Waals surface area contributed by atoms with Crippen LogP contribution in [0.25, 0.3) is 32.6 Å².